The summed E-state index contributed by atoms with van der Waals surface area (Å²) < 4.78 is 5.60. The minimum atomic E-state index is -0.638. The number of ketones is 1. The fourth-order valence-electron chi connectivity index (χ4n) is 3.25. The number of carbonyl (C=O) groups is 3. The van der Waals surface area contributed by atoms with Crippen LogP contribution in [-0.4, -0.2) is 79.9 Å². The van der Waals surface area contributed by atoms with Crippen LogP contribution in [0.25, 0.3) is 0 Å². The number of amides is 2. The van der Waals surface area contributed by atoms with Crippen molar-refractivity contribution in [3.8, 4) is 0 Å². The Hall–Kier alpha value is -1.47. The summed E-state index contributed by atoms with van der Waals surface area (Å²) in [7, 11) is 6.96. The molecule has 0 aliphatic rings. The first-order valence-electron chi connectivity index (χ1n) is 10.1. The smallest absolute Gasteiger partial charge is 0.245 e. The molecule has 0 aromatic carbocycles. The summed E-state index contributed by atoms with van der Waals surface area (Å²) in [5.74, 6) is -0.251. The van der Waals surface area contributed by atoms with Crippen molar-refractivity contribution in [1.29, 1.82) is 0 Å². The highest BCUT2D eigenvalue weighted by molar-refractivity contribution is 5.90. The molecule has 2 amide bonds. The molecule has 5 atom stereocenters. The third kappa shape index (κ3) is 7.51. The van der Waals surface area contributed by atoms with Gasteiger partial charge in [-0.2, -0.15) is 0 Å². The van der Waals surface area contributed by atoms with E-state index in [9.17, 15) is 14.4 Å². The molecule has 0 aliphatic heterocycles. The van der Waals surface area contributed by atoms with Crippen molar-refractivity contribution in [3.63, 3.8) is 0 Å². The van der Waals surface area contributed by atoms with Crippen molar-refractivity contribution >= 4 is 17.6 Å². The zero-order valence-corrected chi connectivity index (χ0v) is 19.4. The largest absolute Gasteiger partial charge is 0.379 e. The maximum absolute atomic E-state index is 13.3. The Morgan fingerprint density at radius 1 is 1.04 bits per heavy atom. The van der Waals surface area contributed by atoms with E-state index in [0.717, 1.165) is 6.42 Å². The van der Waals surface area contributed by atoms with E-state index in [1.54, 1.807) is 30.9 Å². The fraction of sp³-hybridized carbons (Fsp3) is 0.857. The van der Waals surface area contributed by atoms with Crippen molar-refractivity contribution in [2.75, 3.05) is 28.3 Å². The van der Waals surface area contributed by atoms with Gasteiger partial charge in [0, 0.05) is 20.6 Å². The van der Waals surface area contributed by atoms with Gasteiger partial charge in [-0.05, 0) is 39.8 Å². The highest BCUT2D eigenvalue weighted by atomic mass is 16.5. The summed E-state index contributed by atoms with van der Waals surface area (Å²) in [6.45, 7) is 11.3. The maximum atomic E-state index is 13.3. The molecule has 0 fully saturated rings. The van der Waals surface area contributed by atoms with Crippen LogP contribution >= 0.6 is 0 Å². The normalized spacial score (nSPS) is 17.0. The molecule has 1 N–H and O–H groups in total. The second-order valence-electron chi connectivity index (χ2n) is 8.38. The molecule has 0 aromatic rings. The lowest BCUT2D eigenvalue weighted by atomic mass is 9.89. The Labute approximate surface area is 171 Å². The van der Waals surface area contributed by atoms with E-state index < -0.39 is 6.04 Å². The third-order valence-corrected chi connectivity index (χ3v) is 5.58. The Kier molecular flexibility index (Phi) is 11.5. The topological polar surface area (TPSA) is 79.0 Å². The maximum Gasteiger partial charge on any atom is 0.245 e. The molecule has 0 unspecified atom stereocenters. The quantitative estimate of drug-likeness (QED) is 0.543. The molecule has 0 radical (unpaired) electrons. The van der Waals surface area contributed by atoms with Gasteiger partial charge in [0.25, 0.3) is 0 Å². The summed E-state index contributed by atoms with van der Waals surface area (Å²) in [5, 5.41) is 2.91. The van der Waals surface area contributed by atoms with Crippen LogP contribution < -0.4 is 5.32 Å². The number of carbonyl (C=O) groups excluding carboxylic acids is 3. The monoisotopic (exact) mass is 399 g/mol. The lowest BCUT2D eigenvalue weighted by molar-refractivity contribution is -0.144. The van der Waals surface area contributed by atoms with Gasteiger partial charge in [-0.1, -0.05) is 34.1 Å². The fourth-order valence-corrected chi connectivity index (χ4v) is 3.25. The first-order chi connectivity index (χ1) is 12.9. The molecule has 0 aliphatic carbocycles. The number of nitrogens with zero attached hydrogens (tertiary/aromatic N) is 2. The SMILES string of the molecule is CC[C@H](C)[C@@H]([C@@H](CC(C)=O)OC)N(C)C(=O)[C@@H](NC(=O)[C@@H](C)N(C)C)C(C)C. The summed E-state index contributed by atoms with van der Waals surface area (Å²) in [5.41, 5.74) is 0. The minimum Gasteiger partial charge on any atom is -0.379 e. The lowest BCUT2D eigenvalue weighted by Crippen LogP contribution is -2.58. The summed E-state index contributed by atoms with van der Waals surface area (Å²) in [6.07, 6.45) is 0.709. The van der Waals surface area contributed by atoms with Crippen molar-refractivity contribution < 1.29 is 19.1 Å². The van der Waals surface area contributed by atoms with Crippen LogP contribution in [-0.2, 0) is 19.1 Å². The van der Waals surface area contributed by atoms with E-state index in [1.807, 2.05) is 27.9 Å². The zero-order chi connectivity index (χ0) is 22.2. The van der Waals surface area contributed by atoms with Crippen molar-refractivity contribution in [3.05, 3.63) is 0 Å². The van der Waals surface area contributed by atoms with Gasteiger partial charge in [-0.25, -0.2) is 0 Å². The molecule has 0 bridgehead atoms. The molecule has 0 rings (SSSR count). The van der Waals surface area contributed by atoms with Gasteiger partial charge in [0.05, 0.1) is 18.2 Å². The predicted molar refractivity (Wildman–Crippen MR) is 112 cm³/mol. The van der Waals surface area contributed by atoms with Crippen molar-refractivity contribution in [1.82, 2.24) is 15.1 Å². The second-order valence-corrected chi connectivity index (χ2v) is 8.38. The highest BCUT2D eigenvalue weighted by Gasteiger charge is 2.37. The number of hydrogen-bond acceptors (Lipinski definition) is 5. The van der Waals surface area contributed by atoms with E-state index >= 15 is 0 Å². The Balaban J connectivity index is 5.67. The number of hydrogen-bond donors (Lipinski definition) is 1. The first kappa shape index (κ1) is 26.5. The molecule has 7 nitrogen and oxygen atoms in total. The number of rotatable bonds is 12. The molecule has 0 saturated heterocycles. The van der Waals surface area contributed by atoms with Gasteiger partial charge in [0.2, 0.25) is 11.8 Å². The average Bonchev–Trinajstić information content (AvgIpc) is 2.62. The standard InChI is InChI=1S/C21H41N3O4/c1-11-14(4)19(17(28-10)12-15(5)25)24(9)21(27)18(13(2)3)22-20(26)16(6)23(7)8/h13-14,16-19H,11-12H2,1-10H3,(H,22,26)/t14-,16+,17+,18-,19-/m0/s1. The van der Waals surface area contributed by atoms with Crippen LogP contribution in [0, 0.1) is 11.8 Å². The van der Waals surface area contributed by atoms with E-state index in [1.165, 1.54) is 6.92 Å². The third-order valence-electron chi connectivity index (χ3n) is 5.58. The van der Waals surface area contributed by atoms with Crippen LogP contribution in [0.4, 0.5) is 0 Å². The molecule has 0 aromatic heterocycles. The van der Waals surface area contributed by atoms with Crippen LogP contribution in [0.5, 0.6) is 0 Å². The molecule has 0 spiro atoms. The molecule has 0 heterocycles. The van der Waals surface area contributed by atoms with Crippen molar-refractivity contribution in [2.45, 2.75) is 78.6 Å². The number of nitrogens with one attached hydrogen (secondary N) is 1. The van der Waals surface area contributed by atoms with Crippen molar-refractivity contribution in [2.24, 2.45) is 11.8 Å². The number of ether oxygens (including phenoxy) is 1. The Morgan fingerprint density at radius 3 is 1.93 bits per heavy atom. The zero-order valence-electron chi connectivity index (χ0n) is 19.4. The van der Waals surface area contributed by atoms with E-state index in [-0.39, 0.29) is 54.0 Å². The first-order valence-corrected chi connectivity index (χ1v) is 10.1. The predicted octanol–water partition coefficient (Wildman–Crippen LogP) is 1.94. The van der Waals surface area contributed by atoms with Gasteiger partial charge in [-0.3, -0.25) is 19.3 Å². The van der Waals surface area contributed by atoms with Gasteiger partial charge in [0.15, 0.2) is 0 Å². The van der Waals surface area contributed by atoms with Gasteiger partial charge < -0.3 is 15.0 Å². The van der Waals surface area contributed by atoms with E-state index in [4.69, 9.17) is 4.74 Å². The highest BCUT2D eigenvalue weighted by Crippen LogP contribution is 2.23. The van der Waals surface area contributed by atoms with Crippen LogP contribution in [0.2, 0.25) is 0 Å². The summed E-state index contributed by atoms with van der Waals surface area (Å²) in [4.78, 5) is 41.0. The minimum absolute atomic E-state index is 0.0227. The molecule has 0 saturated carbocycles. The number of likely N-dealkylation sites (N-methyl/N-ethyl adjacent to an activating group) is 2. The van der Waals surface area contributed by atoms with Gasteiger partial charge in [-0.15, -0.1) is 0 Å². The van der Waals surface area contributed by atoms with Crippen LogP contribution in [0.1, 0.15) is 54.4 Å². The Morgan fingerprint density at radius 2 is 1.57 bits per heavy atom. The van der Waals surface area contributed by atoms with E-state index in [0.29, 0.717) is 0 Å². The molecule has 28 heavy (non-hydrogen) atoms. The Bertz CT molecular complexity index is 522. The molecule has 164 valence electrons. The number of Topliss-reactive ketones (excluding diaryl/α,β-unsaturated/α-hetero) is 1. The van der Waals surface area contributed by atoms with E-state index in [2.05, 4.69) is 19.2 Å². The van der Waals surface area contributed by atoms with Gasteiger partial charge in [0.1, 0.15) is 11.8 Å². The van der Waals surface area contributed by atoms with Crippen LogP contribution in [0.15, 0.2) is 0 Å². The van der Waals surface area contributed by atoms with Crippen LogP contribution in [0.3, 0.4) is 0 Å². The molecular formula is C21H41N3O4. The second kappa shape index (κ2) is 12.2. The summed E-state index contributed by atoms with van der Waals surface area (Å²) >= 11 is 0. The molecule has 7 heteroatoms. The molecular weight excluding hydrogens is 358 g/mol. The average molecular weight is 400 g/mol. The summed E-state index contributed by atoms with van der Waals surface area (Å²) in [6, 6.07) is -1.23. The number of methoxy groups -OCH3 is 1. The van der Waals surface area contributed by atoms with Gasteiger partial charge >= 0.3 is 0 Å². The lowest BCUT2D eigenvalue weighted by Gasteiger charge is -2.40.